The summed E-state index contributed by atoms with van der Waals surface area (Å²) in [5, 5.41) is 0.335. The standard InChI is InChI=1S/C18H28ClNO4S/c1-8-23-14-10-13(11(3)20-25(22)18(5,6)7)16(19)17(24-9-2)15(14)12(4)21/h10-11,20H,8-9H2,1-7H3/t11-,25+/m1/s1. The van der Waals surface area contributed by atoms with Crippen molar-refractivity contribution in [1.82, 2.24) is 4.72 Å². The van der Waals surface area contributed by atoms with Gasteiger partial charge in [0.15, 0.2) is 11.5 Å². The van der Waals surface area contributed by atoms with Crippen LogP contribution in [0.4, 0.5) is 0 Å². The topological polar surface area (TPSA) is 64.6 Å². The van der Waals surface area contributed by atoms with Crippen molar-refractivity contribution in [1.29, 1.82) is 0 Å². The fourth-order valence-electron chi connectivity index (χ4n) is 2.23. The number of hydrogen-bond donors (Lipinski definition) is 1. The van der Waals surface area contributed by atoms with E-state index in [4.69, 9.17) is 21.1 Å². The van der Waals surface area contributed by atoms with Crippen LogP contribution in [0.3, 0.4) is 0 Å². The van der Waals surface area contributed by atoms with Gasteiger partial charge >= 0.3 is 0 Å². The van der Waals surface area contributed by atoms with Crippen molar-refractivity contribution < 1.29 is 18.5 Å². The van der Waals surface area contributed by atoms with Gasteiger partial charge in [-0.25, -0.2) is 8.93 Å². The largest absolute Gasteiger partial charge is 0.493 e. The molecule has 0 bridgehead atoms. The van der Waals surface area contributed by atoms with E-state index in [9.17, 15) is 9.00 Å². The quantitative estimate of drug-likeness (QED) is 0.667. The fourth-order valence-corrected chi connectivity index (χ4v) is 3.40. The number of Topliss-reactive ketones (excluding diaryl/α,β-unsaturated/α-hetero) is 1. The van der Waals surface area contributed by atoms with Crippen LogP contribution < -0.4 is 14.2 Å². The normalized spacial score (nSPS) is 14.1. The Bertz CT molecular complexity index is 655. The van der Waals surface area contributed by atoms with Gasteiger partial charge in [0.05, 0.1) is 34.0 Å². The number of ketones is 1. The molecule has 0 fully saturated rings. The third-order valence-electron chi connectivity index (χ3n) is 3.46. The van der Waals surface area contributed by atoms with Crippen molar-refractivity contribution in [3.63, 3.8) is 0 Å². The van der Waals surface area contributed by atoms with Gasteiger partial charge in [0, 0.05) is 6.04 Å². The van der Waals surface area contributed by atoms with Crippen LogP contribution in [-0.4, -0.2) is 28.0 Å². The fraction of sp³-hybridized carbons (Fsp3) is 0.611. The Morgan fingerprint density at radius 3 is 2.28 bits per heavy atom. The molecule has 2 atom stereocenters. The van der Waals surface area contributed by atoms with Gasteiger partial charge in [0.25, 0.3) is 0 Å². The Balaban J connectivity index is 3.45. The van der Waals surface area contributed by atoms with Gasteiger partial charge in [-0.2, -0.15) is 0 Å². The zero-order valence-corrected chi connectivity index (χ0v) is 17.6. The molecular weight excluding hydrogens is 362 g/mol. The van der Waals surface area contributed by atoms with E-state index in [2.05, 4.69) is 4.72 Å². The molecule has 0 unspecified atom stereocenters. The van der Waals surface area contributed by atoms with E-state index >= 15 is 0 Å². The van der Waals surface area contributed by atoms with Crippen molar-refractivity contribution in [3.8, 4) is 11.5 Å². The lowest BCUT2D eigenvalue weighted by Gasteiger charge is -2.24. The second kappa shape index (κ2) is 9.01. The van der Waals surface area contributed by atoms with Crippen LogP contribution in [0.2, 0.25) is 5.02 Å². The van der Waals surface area contributed by atoms with Gasteiger partial charge in [-0.05, 0) is 60.1 Å². The van der Waals surface area contributed by atoms with Crippen LogP contribution in [0.25, 0.3) is 0 Å². The molecule has 25 heavy (non-hydrogen) atoms. The molecule has 0 aliphatic heterocycles. The number of rotatable bonds is 8. The summed E-state index contributed by atoms with van der Waals surface area (Å²) in [6.45, 7) is 13.4. The number of halogens is 1. The SMILES string of the molecule is CCOc1cc([C@@H](C)N[S@@](=O)C(C)(C)C)c(Cl)c(OCC)c1C(C)=O. The van der Waals surface area contributed by atoms with Gasteiger partial charge in [0.1, 0.15) is 11.3 Å². The molecular formula is C18H28ClNO4S. The summed E-state index contributed by atoms with van der Waals surface area (Å²) >= 11 is 6.53. The van der Waals surface area contributed by atoms with Crippen molar-refractivity contribution in [2.75, 3.05) is 13.2 Å². The third kappa shape index (κ3) is 5.43. The first-order valence-electron chi connectivity index (χ1n) is 8.35. The summed E-state index contributed by atoms with van der Waals surface area (Å²) in [5.74, 6) is 0.556. The van der Waals surface area contributed by atoms with Crippen LogP contribution in [-0.2, 0) is 11.0 Å². The lowest BCUT2D eigenvalue weighted by Crippen LogP contribution is -2.35. The van der Waals surface area contributed by atoms with E-state index in [-0.39, 0.29) is 11.8 Å². The van der Waals surface area contributed by atoms with Crippen molar-refractivity contribution in [2.45, 2.75) is 59.3 Å². The monoisotopic (exact) mass is 389 g/mol. The maximum Gasteiger partial charge on any atom is 0.167 e. The van der Waals surface area contributed by atoms with E-state index < -0.39 is 15.7 Å². The molecule has 0 saturated carbocycles. The Labute approximate surface area is 158 Å². The minimum Gasteiger partial charge on any atom is -0.493 e. The minimum atomic E-state index is -1.27. The van der Waals surface area contributed by atoms with Gasteiger partial charge in [-0.3, -0.25) is 4.79 Å². The molecule has 1 N–H and O–H groups in total. The van der Waals surface area contributed by atoms with E-state index in [1.165, 1.54) is 6.92 Å². The number of hydrogen-bond acceptors (Lipinski definition) is 4. The first-order chi connectivity index (χ1) is 11.5. The van der Waals surface area contributed by atoms with Crippen molar-refractivity contribution >= 4 is 28.4 Å². The Morgan fingerprint density at radius 1 is 1.28 bits per heavy atom. The predicted molar refractivity (Wildman–Crippen MR) is 103 cm³/mol. The summed E-state index contributed by atoms with van der Waals surface area (Å²) in [4.78, 5) is 12.1. The molecule has 0 heterocycles. The summed E-state index contributed by atoms with van der Waals surface area (Å²) in [7, 11) is -1.27. The lowest BCUT2D eigenvalue weighted by atomic mass is 10.0. The Hall–Kier alpha value is -1.11. The lowest BCUT2D eigenvalue weighted by molar-refractivity contribution is 0.101. The molecule has 1 aromatic rings. The average molecular weight is 390 g/mol. The van der Waals surface area contributed by atoms with Gasteiger partial charge in [-0.1, -0.05) is 11.6 Å². The van der Waals surface area contributed by atoms with Gasteiger partial charge < -0.3 is 9.47 Å². The highest BCUT2D eigenvalue weighted by atomic mass is 35.5. The second-order valence-corrected chi connectivity index (χ2v) is 9.00. The van der Waals surface area contributed by atoms with Crippen LogP contribution in [0.5, 0.6) is 11.5 Å². The highest BCUT2D eigenvalue weighted by molar-refractivity contribution is 7.84. The van der Waals surface area contributed by atoms with E-state index in [0.717, 1.165) is 0 Å². The highest BCUT2D eigenvalue weighted by Crippen LogP contribution is 2.41. The van der Waals surface area contributed by atoms with Crippen LogP contribution in [0.15, 0.2) is 6.07 Å². The maximum absolute atomic E-state index is 12.4. The van der Waals surface area contributed by atoms with Crippen LogP contribution in [0, 0.1) is 0 Å². The minimum absolute atomic E-state index is 0.181. The average Bonchev–Trinajstić information content (AvgIpc) is 2.49. The van der Waals surface area contributed by atoms with Gasteiger partial charge in [-0.15, -0.1) is 0 Å². The molecule has 1 aromatic carbocycles. The summed E-state index contributed by atoms with van der Waals surface area (Å²) in [5.41, 5.74) is 1.01. The molecule has 0 aromatic heterocycles. The molecule has 0 spiro atoms. The Kier molecular flexibility index (Phi) is 7.90. The molecule has 142 valence electrons. The number of carbonyl (C=O) groups excluding carboxylic acids is 1. The first kappa shape index (κ1) is 21.9. The van der Waals surface area contributed by atoms with Crippen LogP contribution in [0.1, 0.15) is 70.4 Å². The molecule has 7 heteroatoms. The number of carbonyl (C=O) groups is 1. The summed E-state index contributed by atoms with van der Waals surface area (Å²) in [6.07, 6.45) is 0. The molecule has 0 radical (unpaired) electrons. The predicted octanol–water partition coefficient (Wildman–Crippen LogP) is 4.45. The number of nitrogens with one attached hydrogen (secondary N) is 1. The second-order valence-electron chi connectivity index (χ2n) is 6.62. The first-order valence-corrected chi connectivity index (χ1v) is 9.88. The highest BCUT2D eigenvalue weighted by Gasteiger charge is 2.27. The zero-order chi connectivity index (χ0) is 19.4. The van der Waals surface area contributed by atoms with Gasteiger partial charge in [0.2, 0.25) is 0 Å². The summed E-state index contributed by atoms with van der Waals surface area (Å²) in [6, 6.07) is 1.41. The molecule has 0 amide bonds. The summed E-state index contributed by atoms with van der Waals surface area (Å²) < 4.78 is 26.3. The van der Waals surface area contributed by atoms with Crippen LogP contribution >= 0.6 is 11.6 Å². The van der Waals surface area contributed by atoms with Crippen molar-refractivity contribution in [2.24, 2.45) is 0 Å². The number of ether oxygens (including phenoxy) is 2. The molecule has 0 aliphatic carbocycles. The van der Waals surface area contributed by atoms with Crippen molar-refractivity contribution in [3.05, 3.63) is 22.2 Å². The Morgan fingerprint density at radius 2 is 1.84 bits per heavy atom. The number of benzene rings is 1. The molecule has 0 aliphatic rings. The third-order valence-corrected chi connectivity index (χ3v) is 5.53. The smallest absolute Gasteiger partial charge is 0.167 e. The molecule has 0 saturated heterocycles. The van der Waals surface area contributed by atoms with E-state index in [1.807, 2.05) is 41.5 Å². The maximum atomic E-state index is 12.4. The zero-order valence-electron chi connectivity index (χ0n) is 16.0. The van der Waals surface area contributed by atoms with E-state index in [1.54, 1.807) is 6.07 Å². The molecule has 5 nitrogen and oxygen atoms in total. The molecule has 1 rings (SSSR count). The van der Waals surface area contributed by atoms with E-state index in [0.29, 0.717) is 40.9 Å².